The molecule has 0 radical (unpaired) electrons. The number of rotatable bonds is 2. The maximum absolute atomic E-state index is 12.1. The van der Waals surface area contributed by atoms with Gasteiger partial charge in [-0.15, -0.1) is 0 Å². The number of carbonyl (C=O) groups excluding carboxylic acids is 1. The van der Waals surface area contributed by atoms with Crippen molar-refractivity contribution < 1.29 is 9.21 Å². The molecule has 0 atom stereocenters. The molecule has 0 saturated carbocycles. The Morgan fingerprint density at radius 3 is 2.80 bits per heavy atom. The van der Waals surface area contributed by atoms with Crippen LogP contribution in [0.4, 0.5) is 4.79 Å². The molecule has 1 amide bonds. The Morgan fingerprint density at radius 1 is 1.20 bits per heavy atom. The summed E-state index contributed by atoms with van der Waals surface area (Å²) in [5.74, 6) is -0.746. The summed E-state index contributed by atoms with van der Waals surface area (Å²) >= 11 is 0. The largest absolute Gasteiger partial charge is 0.429 e. The molecule has 1 N–H and O–H groups in total. The number of nitrogens with zero attached hydrogens (tertiary/aromatic N) is 2. The van der Waals surface area contributed by atoms with Crippen LogP contribution in [0.15, 0.2) is 57.9 Å². The summed E-state index contributed by atoms with van der Waals surface area (Å²) in [7, 11) is 0. The molecular weight excluding hydrogens is 258 g/mol. The van der Waals surface area contributed by atoms with Gasteiger partial charge in [0.1, 0.15) is 0 Å². The number of benzene rings is 1. The van der Waals surface area contributed by atoms with Crippen molar-refractivity contribution in [1.29, 1.82) is 0 Å². The molecule has 0 unspecified atom stereocenters. The second-order valence-electron chi connectivity index (χ2n) is 4.17. The summed E-state index contributed by atoms with van der Waals surface area (Å²) in [6.07, 6.45) is 1.50. The van der Waals surface area contributed by atoms with Gasteiger partial charge in [0, 0.05) is 12.7 Å². The predicted molar refractivity (Wildman–Crippen MR) is 72.3 cm³/mol. The number of fused-ring (bicyclic) bond motifs is 1. The molecule has 20 heavy (non-hydrogen) atoms. The molecule has 1 aromatic carbocycles. The minimum absolute atomic E-state index is 0.211. The number of aromatic nitrogens is 2. The molecular formula is C14H11N3O3. The van der Waals surface area contributed by atoms with Crippen LogP contribution in [-0.4, -0.2) is 15.6 Å². The van der Waals surface area contributed by atoms with E-state index in [0.29, 0.717) is 6.54 Å². The summed E-state index contributed by atoms with van der Waals surface area (Å²) in [6, 6.07) is 12.1. The lowest BCUT2D eigenvalue weighted by Crippen LogP contribution is -2.33. The lowest BCUT2D eigenvalue weighted by atomic mass is 10.2. The second kappa shape index (κ2) is 5.00. The number of nitrogens with one attached hydrogen (secondary N) is 1. The van der Waals surface area contributed by atoms with E-state index in [9.17, 15) is 9.59 Å². The summed E-state index contributed by atoms with van der Waals surface area (Å²) in [5, 5.41) is 2.66. The third-order valence-corrected chi connectivity index (χ3v) is 2.83. The Balaban J connectivity index is 1.86. The Hall–Kier alpha value is -2.89. The fourth-order valence-electron chi connectivity index (χ4n) is 1.89. The standard InChI is InChI=1S/C14H11N3O3/c18-13(16-9-10-5-2-1-3-6-10)17-12-11(20-14(17)19)7-4-8-15-12/h1-8H,9H2,(H,16,18). The normalized spacial score (nSPS) is 10.6. The highest BCUT2D eigenvalue weighted by Crippen LogP contribution is 2.08. The quantitative estimate of drug-likeness (QED) is 0.768. The van der Waals surface area contributed by atoms with E-state index in [0.717, 1.165) is 10.1 Å². The zero-order chi connectivity index (χ0) is 13.9. The molecule has 0 fully saturated rings. The predicted octanol–water partition coefficient (Wildman–Crippen LogP) is 1.75. The lowest BCUT2D eigenvalue weighted by molar-refractivity contribution is 0.240. The van der Waals surface area contributed by atoms with Crippen molar-refractivity contribution in [3.8, 4) is 0 Å². The van der Waals surface area contributed by atoms with Crippen molar-refractivity contribution in [2.75, 3.05) is 0 Å². The fourth-order valence-corrected chi connectivity index (χ4v) is 1.89. The van der Waals surface area contributed by atoms with Gasteiger partial charge in [-0.05, 0) is 17.7 Å². The van der Waals surface area contributed by atoms with E-state index in [2.05, 4.69) is 10.3 Å². The van der Waals surface area contributed by atoms with Crippen LogP contribution in [0, 0.1) is 0 Å². The van der Waals surface area contributed by atoms with E-state index >= 15 is 0 Å². The average molecular weight is 269 g/mol. The highest BCUT2D eigenvalue weighted by atomic mass is 16.4. The van der Waals surface area contributed by atoms with Crippen LogP contribution < -0.4 is 11.1 Å². The first kappa shape index (κ1) is 12.2. The number of hydrogen-bond acceptors (Lipinski definition) is 4. The molecule has 0 saturated heterocycles. The third kappa shape index (κ3) is 2.18. The number of oxazole rings is 1. The van der Waals surface area contributed by atoms with Gasteiger partial charge < -0.3 is 9.73 Å². The van der Waals surface area contributed by atoms with Crippen molar-refractivity contribution in [3.63, 3.8) is 0 Å². The molecule has 6 nitrogen and oxygen atoms in total. The molecule has 2 aromatic heterocycles. The van der Waals surface area contributed by atoms with Crippen molar-refractivity contribution in [2.45, 2.75) is 6.54 Å². The summed E-state index contributed by atoms with van der Waals surface area (Å²) < 4.78 is 5.84. The highest BCUT2D eigenvalue weighted by molar-refractivity contribution is 5.85. The van der Waals surface area contributed by atoms with Gasteiger partial charge in [-0.3, -0.25) is 0 Å². The van der Waals surface area contributed by atoms with E-state index in [-0.39, 0.29) is 11.2 Å². The van der Waals surface area contributed by atoms with Gasteiger partial charge in [-0.25, -0.2) is 14.6 Å². The van der Waals surface area contributed by atoms with Crippen molar-refractivity contribution in [3.05, 3.63) is 64.8 Å². The molecule has 100 valence electrons. The maximum atomic E-state index is 12.1. The number of amides is 1. The van der Waals surface area contributed by atoms with Crippen LogP contribution in [0.3, 0.4) is 0 Å². The van der Waals surface area contributed by atoms with E-state index in [1.54, 1.807) is 12.1 Å². The van der Waals surface area contributed by atoms with Crippen LogP contribution >= 0.6 is 0 Å². The lowest BCUT2D eigenvalue weighted by Gasteiger charge is -2.04. The third-order valence-electron chi connectivity index (χ3n) is 2.83. The average Bonchev–Trinajstić information content (AvgIpc) is 2.82. The zero-order valence-corrected chi connectivity index (χ0v) is 10.4. The molecule has 3 aromatic rings. The maximum Gasteiger partial charge on any atom is 0.429 e. The van der Waals surface area contributed by atoms with E-state index < -0.39 is 11.8 Å². The van der Waals surface area contributed by atoms with Gasteiger partial charge >= 0.3 is 11.8 Å². The van der Waals surface area contributed by atoms with Crippen molar-refractivity contribution in [2.24, 2.45) is 0 Å². The molecule has 0 aliphatic rings. The molecule has 0 aliphatic heterocycles. The first-order valence-corrected chi connectivity index (χ1v) is 6.04. The first-order valence-electron chi connectivity index (χ1n) is 6.04. The summed E-state index contributed by atoms with van der Waals surface area (Å²) in [4.78, 5) is 27.7. The van der Waals surface area contributed by atoms with Gasteiger partial charge in [0.25, 0.3) is 0 Å². The van der Waals surface area contributed by atoms with Crippen LogP contribution in [0.5, 0.6) is 0 Å². The SMILES string of the molecule is O=C(NCc1ccccc1)n1c(=O)oc2cccnc21. The van der Waals surface area contributed by atoms with Crippen molar-refractivity contribution >= 4 is 17.3 Å². The number of carbonyl (C=O) groups is 1. The Labute approximate surface area is 113 Å². The summed E-state index contributed by atoms with van der Waals surface area (Å²) in [5.41, 5.74) is 1.44. The van der Waals surface area contributed by atoms with E-state index in [4.69, 9.17) is 4.42 Å². The molecule has 0 aliphatic carbocycles. The van der Waals surface area contributed by atoms with Crippen LogP contribution in [0.1, 0.15) is 5.56 Å². The van der Waals surface area contributed by atoms with E-state index in [1.165, 1.54) is 6.20 Å². The molecule has 0 bridgehead atoms. The Kier molecular flexibility index (Phi) is 3.04. The molecule has 3 rings (SSSR count). The van der Waals surface area contributed by atoms with Gasteiger partial charge in [0.05, 0.1) is 0 Å². The Morgan fingerprint density at radius 2 is 2.00 bits per heavy atom. The Bertz CT molecular complexity index is 805. The van der Waals surface area contributed by atoms with Crippen molar-refractivity contribution in [1.82, 2.24) is 14.9 Å². The van der Waals surface area contributed by atoms with Gasteiger partial charge in [0.2, 0.25) is 0 Å². The number of pyridine rings is 1. The smallest absolute Gasteiger partial charge is 0.406 e. The van der Waals surface area contributed by atoms with Gasteiger partial charge in [-0.1, -0.05) is 30.3 Å². The summed E-state index contributed by atoms with van der Waals surface area (Å²) in [6.45, 7) is 0.325. The van der Waals surface area contributed by atoms with E-state index in [1.807, 2.05) is 30.3 Å². The van der Waals surface area contributed by atoms with Crippen LogP contribution in [-0.2, 0) is 6.54 Å². The highest BCUT2D eigenvalue weighted by Gasteiger charge is 2.16. The van der Waals surface area contributed by atoms with Crippen LogP contribution in [0.25, 0.3) is 11.2 Å². The molecule has 6 heteroatoms. The topological polar surface area (TPSA) is 77.1 Å². The van der Waals surface area contributed by atoms with Gasteiger partial charge in [-0.2, -0.15) is 4.57 Å². The second-order valence-corrected chi connectivity index (χ2v) is 4.17. The fraction of sp³-hybridized carbons (Fsp3) is 0.0714. The van der Waals surface area contributed by atoms with Gasteiger partial charge in [0.15, 0.2) is 11.2 Å². The zero-order valence-electron chi connectivity index (χ0n) is 10.4. The minimum Gasteiger partial charge on any atom is -0.406 e. The van der Waals surface area contributed by atoms with Crippen LogP contribution in [0.2, 0.25) is 0 Å². The first-order chi connectivity index (χ1) is 9.75. The monoisotopic (exact) mass is 269 g/mol. The minimum atomic E-state index is -0.746. The number of hydrogen-bond donors (Lipinski definition) is 1. The molecule has 2 heterocycles. The molecule has 0 spiro atoms.